The second-order valence-corrected chi connectivity index (χ2v) is 8.89. The first-order chi connectivity index (χ1) is 15.2. The summed E-state index contributed by atoms with van der Waals surface area (Å²) >= 11 is 0. The molecule has 0 aliphatic rings. The fraction of sp³-hybridized carbons (Fsp3) is 0.400. The third-order valence-electron chi connectivity index (χ3n) is 6.28. The molecule has 0 fully saturated rings. The molecule has 0 amide bonds. The van der Waals surface area contributed by atoms with Crippen LogP contribution in [-0.2, 0) is 25.7 Å². The van der Waals surface area contributed by atoms with Crippen LogP contribution in [0.3, 0.4) is 0 Å². The molecule has 0 atom stereocenters. The smallest absolute Gasteiger partial charge is 0.0314 e. The minimum atomic E-state index is 0.831. The summed E-state index contributed by atoms with van der Waals surface area (Å²) in [6.45, 7) is 4.50. The molecule has 1 heteroatoms. The number of hydrogen-bond donors (Lipinski definition) is 1. The van der Waals surface area contributed by atoms with Gasteiger partial charge in [0.1, 0.15) is 0 Å². The highest BCUT2D eigenvalue weighted by atomic mass is 14.5. The number of aryl methyl sites for hydroxylation is 2. The second-order valence-electron chi connectivity index (χ2n) is 8.89. The van der Waals surface area contributed by atoms with Crippen LogP contribution >= 0.6 is 0 Å². The topological polar surface area (TPSA) is 26.0 Å². The molecule has 0 aliphatic heterocycles. The van der Waals surface area contributed by atoms with E-state index in [2.05, 4.69) is 68.4 Å². The predicted molar refractivity (Wildman–Crippen MR) is 136 cm³/mol. The zero-order valence-electron chi connectivity index (χ0n) is 19.5. The number of rotatable bonds is 12. The van der Waals surface area contributed by atoms with Crippen LogP contribution in [0.4, 0.5) is 5.69 Å². The lowest BCUT2D eigenvalue weighted by molar-refractivity contribution is 0.606. The highest BCUT2D eigenvalue weighted by Crippen LogP contribution is 2.22. The lowest BCUT2D eigenvalue weighted by Gasteiger charge is -2.13. The van der Waals surface area contributed by atoms with E-state index in [0.717, 1.165) is 24.9 Å². The quantitative estimate of drug-likeness (QED) is 0.237. The van der Waals surface area contributed by atoms with E-state index in [1.54, 1.807) is 0 Å². The lowest BCUT2D eigenvalue weighted by atomic mass is 9.92. The number of nitrogens with two attached hydrogens (primary N) is 1. The lowest BCUT2D eigenvalue weighted by Crippen LogP contribution is -2.00. The standard InChI is InChI=1S/C30H39N/c1-3-5-6-7-8-9-10-28-23-27(21-25-16-19-30(31)20-17-25)15-18-29(28)22-26-13-11-24(4-2)12-14-26/h11-20,23H,3-10,21-22,31H2,1-2H3. The van der Waals surface area contributed by atoms with Crippen molar-refractivity contribution in [2.24, 2.45) is 0 Å². The molecule has 0 saturated heterocycles. The van der Waals surface area contributed by atoms with Gasteiger partial charge in [-0.3, -0.25) is 0 Å². The van der Waals surface area contributed by atoms with E-state index < -0.39 is 0 Å². The third-order valence-corrected chi connectivity index (χ3v) is 6.28. The summed E-state index contributed by atoms with van der Waals surface area (Å²) in [5, 5.41) is 0. The third kappa shape index (κ3) is 7.58. The predicted octanol–water partition coefficient (Wildman–Crippen LogP) is 7.92. The monoisotopic (exact) mass is 413 g/mol. The van der Waals surface area contributed by atoms with Crippen molar-refractivity contribution in [1.29, 1.82) is 0 Å². The molecule has 31 heavy (non-hydrogen) atoms. The number of anilines is 1. The zero-order valence-corrected chi connectivity index (χ0v) is 19.5. The molecule has 0 heterocycles. The molecular formula is C30H39N. The van der Waals surface area contributed by atoms with Gasteiger partial charge in [-0.2, -0.15) is 0 Å². The molecule has 0 radical (unpaired) electrons. The Bertz CT molecular complexity index is 906. The largest absolute Gasteiger partial charge is 0.399 e. The Morgan fingerprint density at radius 2 is 1.13 bits per heavy atom. The van der Waals surface area contributed by atoms with Crippen LogP contribution in [0.25, 0.3) is 0 Å². The van der Waals surface area contributed by atoms with Crippen LogP contribution in [-0.4, -0.2) is 0 Å². The van der Waals surface area contributed by atoms with E-state index in [-0.39, 0.29) is 0 Å². The van der Waals surface area contributed by atoms with Gasteiger partial charge in [0, 0.05) is 5.69 Å². The first kappa shape index (κ1) is 23.1. The van der Waals surface area contributed by atoms with Crippen molar-refractivity contribution >= 4 is 5.69 Å². The minimum Gasteiger partial charge on any atom is -0.399 e. The van der Waals surface area contributed by atoms with Gasteiger partial charge in [0.15, 0.2) is 0 Å². The van der Waals surface area contributed by atoms with Crippen molar-refractivity contribution in [3.8, 4) is 0 Å². The Kier molecular flexibility index (Phi) is 9.21. The first-order valence-corrected chi connectivity index (χ1v) is 12.2. The SMILES string of the molecule is CCCCCCCCc1cc(Cc2ccc(N)cc2)ccc1Cc1ccc(CC)cc1. The molecule has 0 bridgehead atoms. The van der Waals surface area contributed by atoms with Gasteiger partial charge in [-0.1, -0.05) is 101 Å². The van der Waals surface area contributed by atoms with Crippen molar-refractivity contribution in [3.63, 3.8) is 0 Å². The molecule has 3 rings (SSSR count). The molecule has 0 aliphatic carbocycles. The molecule has 2 N–H and O–H groups in total. The highest BCUT2D eigenvalue weighted by Gasteiger charge is 2.07. The van der Waals surface area contributed by atoms with E-state index in [4.69, 9.17) is 5.73 Å². The van der Waals surface area contributed by atoms with Crippen molar-refractivity contribution in [3.05, 3.63) is 100 Å². The average molecular weight is 414 g/mol. The Morgan fingerprint density at radius 1 is 0.548 bits per heavy atom. The number of nitrogen functional groups attached to an aromatic ring is 1. The summed E-state index contributed by atoms with van der Waals surface area (Å²) in [6, 6.07) is 24.6. The van der Waals surface area contributed by atoms with Crippen LogP contribution in [0.5, 0.6) is 0 Å². The van der Waals surface area contributed by atoms with Gasteiger partial charge in [-0.15, -0.1) is 0 Å². The Hall–Kier alpha value is -2.54. The summed E-state index contributed by atoms with van der Waals surface area (Å²) in [6.07, 6.45) is 12.3. The van der Waals surface area contributed by atoms with Crippen molar-refractivity contribution < 1.29 is 0 Å². The van der Waals surface area contributed by atoms with Gasteiger partial charge in [-0.05, 0) is 77.6 Å². The molecule has 0 spiro atoms. The Morgan fingerprint density at radius 3 is 1.84 bits per heavy atom. The zero-order chi connectivity index (χ0) is 21.9. The van der Waals surface area contributed by atoms with Gasteiger partial charge >= 0.3 is 0 Å². The van der Waals surface area contributed by atoms with Gasteiger partial charge < -0.3 is 5.73 Å². The van der Waals surface area contributed by atoms with Crippen LogP contribution in [0.2, 0.25) is 0 Å². The number of unbranched alkanes of at least 4 members (excludes halogenated alkanes) is 5. The highest BCUT2D eigenvalue weighted by molar-refractivity contribution is 5.42. The maximum Gasteiger partial charge on any atom is 0.0314 e. The molecule has 0 unspecified atom stereocenters. The van der Waals surface area contributed by atoms with Gasteiger partial charge in [0.05, 0.1) is 0 Å². The van der Waals surface area contributed by atoms with Gasteiger partial charge in [0.25, 0.3) is 0 Å². The maximum absolute atomic E-state index is 5.85. The average Bonchev–Trinajstić information content (AvgIpc) is 2.79. The molecule has 1 nitrogen and oxygen atoms in total. The Labute approximate surface area is 189 Å². The maximum atomic E-state index is 5.85. The Balaban J connectivity index is 1.72. The minimum absolute atomic E-state index is 0.831. The summed E-state index contributed by atoms with van der Waals surface area (Å²) in [5.74, 6) is 0. The number of hydrogen-bond acceptors (Lipinski definition) is 1. The van der Waals surface area contributed by atoms with E-state index >= 15 is 0 Å². The normalized spacial score (nSPS) is 11.0. The molecule has 3 aromatic carbocycles. The number of benzene rings is 3. The second kappa shape index (κ2) is 12.3. The van der Waals surface area contributed by atoms with E-state index in [9.17, 15) is 0 Å². The van der Waals surface area contributed by atoms with E-state index in [0.29, 0.717) is 0 Å². The molecule has 0 saturated carbocycles. The fourth-order valence-electron chi connectivity index (χ4n) is 4.27. The van der Waals surface area contributed by atoms with Crippen LogP contribution < -0.4 is 5.73 Å². The molecule has 164 valence electrons. The fourth-order valence-corrected chi connectivity index (χ4v) is 4.27. The first-order valence-electron chi connectivity index (χ1n) is 12.2. The summed E-state index contributed by atoms with van der Waals surface area (Å²) in [5.41, 5.74) is 15.2. The summed E-state index contributed by atoms with van der Waals surface area (Å²) < 4.78 is 0. The van der Waals surface area contributed by atoms with Gasteiger partial charge in [0.2, 0.25) is 0 Å². The molecule has 0 aromatic heterocycles. The van der Waals surface area contributed by atoms with Gasteiger partial charge in [-0.25, -0.2) is 0 Å². The summed E-state index contributed by atoms with van der Waals surface area (Å²) in [7, 11) is 0. The van der Waals surface area contributed by atoms with E-state index in [1.807, 2.05) is 12.1 Å². The van der Waals surface area contributed by atoms with Crippen LogP contribution in [0.15, 0.2) is 66.7 Å². The van der Waals surface area contributed by atoms with Crippen LogP contribution in [0, 0.1) is 0 Å². The molecule has 3 aromatic rings. The van der Waals surface area contributed by atoms with E-state index in [1.165, 1.54) is 78.3 Å². The van der Waals surface area contributed by atoms with Crippen molar-refractivity contribution in [2.75, 3.05) is 5.73 Å². The van der Waals surface area contributed by atoms with Crippen molar-refractivity contribution in [1.82, 2.24) is 0 Å². The molecular weight excluding hydrogens is 374 g/mol. The van der Waals surface area contributed by atoms with Crippen LogP contribution in [0.1, 0.15) is 85.8 Å². The van der Waals surface area contributed by atoms with Crippen molar-refractivity contribution in [2.45, 2.75) is 78.1 Å². The summed E-state index contributed by atoms with van der Waals surface area (Å²) in [4.78, 5) is 0.